The minimum absolute atomic E-state index is 0.147. The van der Waals surface area contributed by atoms with Gasteiger partial charge in [0.05, 0.1) is 6.20 Å². The first-order valence-corrected chi connectivity index (χ1v) is 17.6. The second kappa shape index (κ2) is 16.3. The van der Waals surface area contributed by atoms with Gasteiger partial charge in [-0.3, -0.25) is 19.4 Å². The zero-order valence-electron chi connectivity index (χ0n) is 29.0. The van der Waals surface area contributed by atoms with Gasteiger partial charge in [0.2, 0.25) is 17.7 Å². The summed E-state index contributed by atoms with van der Waals surface area (Å²) >= 11 is 0. The summed E-state index contributed by atoms with van der Waals surface area (Å²) in [5.74, 6) is 0.403. The summed E-state index contributed by atoms with van der Waals surface area (Å²) in [6.07, 6.45) is 3.17. The number of carbonyl (C=O) groups is 4. The minimum Gasteiger partial charge on any atom is -0.445 e. The van der Waals surface area contributed by atoms with Crippen LogP contribution in [0.25, 0.3) is 22.8 Å². The van der Waals surface area contributed by atoms with Gasteiger partial charge in [0, 0.05) is 35.6 Å². The topological polar surface area (TPSA) is 143 Å². The molecule has 0 radical (unpaired) electrons. The number of carbonyl (C=O) groups excluding carboxylic acids is 4. The van der Waals surface area contributed by atoms with Gasteiger partial charge in [0.15, 0.2) is 5.76 Å². The molecule has 2 aliphatic rings. The van der Waals surface area contributed by atoms with Gasteiger partial charge in [-0.05, 0) is 85.3 Å². The summed E-state index contributed by atoms with van der Waals surface area (Å²) in [4.78, 5) is 59.2. The molecule has 7 rings (SSSR count). The lowest BCUT2D eigenvalue weighted by molar-refractivity contribution is -0.120. The molecule has 2 fully saturated rings. The number of benzene rings is 4. The monoisotopic (exact) mass is 713 g/mol. The minimum atomic E-state index is -0.613. The molecule has 4 aromatic carbocycles. The first-order valence-electron chi connectivity index (χ1n) is 17.6. The number of aromatic nitrogens is 1. The fourth-order valence-corrected chi connectivity index (χ4v) is 6.53. The maximum Gasteiger partial charge on any atom is 0.410 e. The van der Waals surface area contributed by atoms with Gasteiger partial charge in [-0.1, -0.05) is 60.7 Å². The number of likely N-dealkylation sites (tertiary alicyclic amines) is 2. The molecule has 12 heteroatoms. The van der Waals surface area contributed by atoms with Crippen LogP contribution in [0.15, 0.2) is 120 Å². The summed E-state index contributed by atoms with van der Waals surface area (Å²) in [5, 5.41) is 5.83. The van der Waals surface area contributed by atoms with Crippen LogP contribution in [-0.4, -0.2) is 64.0 Å². The number of hydrogen-bond donors (Lipinski definition) is 2. The number of nitrogens with one attached hydrogen (secondary N) is 2. The van der Waals surface area contributed by atoms with Crippen LogP contribution in [0.3, 0.4) is 0 Å². The molecule has 0 saturated carbocycles. The van der Waals surface area contributed by atoms with Crippen LogP contribution in [0.2, 0.25) is 0 Å². The number of nitrogens with zero attached hydrogens (tertiary/aromatic N) is 3. The van der Waals surface area contributed by atoms with Crippen molar-refractivity contribution in [3.05, 3.63) is 127 Å². The van der Waals surface area contributed by atoms with Gasteiger partial charge < -0.3 is 24.5 Å². The fraction of sp³-hybridized carbons (Fsp3) is 0.244. The van der Waals surface area contributed by atoms with Crippen LogP contribution in [0.1, 0.15) is 36.8 Å². The molecule has 2 aliphatic heterocycles. The van der Waals surface area contributed by atoms with Crippen molar-refractivity contribution in [3.63, 3.8) is 0 Å². The summed E-state index contributed by atoms with van der Waals surface area (Å²) < 4.78 is 17.0. The van der Waals surface area contributed by atoms with E-state index in [2.05, 4.69) is 15.6 Å². The lowest BCUT2D eigenvalue weighted by Gasteiger charge is -2.23. The predicted molar refractivity (Wildman–Crippen MR) is 197 cm³/mol. The van der Waals surface area contributed by atoms with Crippen molar-refractivity contribution in [3.8, 4) is 22.8 Å². The molecular weight excluding hydrogens is 674 g/mol. The molecule has 5 aromatic rings. The van der Waals surface area contributed by atoms with Gasteiger partial charge in [-0.2, -0.15) is 0 Å². The predicted octanol–water partition coefficient (Wildman–Crippen LogP) is 7.49. The van der Waals surface area contributed by atoms with Gasteiger partial charge in [-0.15, -0.1) is 0 Å². The van der Waals surface area contributed by atoms with E-state index >= 15 is 0 Å². The second-order valence-corrected chi connectivity index (χ2v) is 12.9. The fourth-order valence-electron chi connectivity index (χ4n) is 6.53. The molecule has 0 spiro atoms. The lowest BCUT2D eigenvalue weighted by Crippen LogP contribution is -2.43. The van der Waals surface area contributed by atoms with Crippen molar-refractivity contribution in [2.24, 2.45) is 0 Å². The molecule has 3 heterocycles. The molecule has 53 heavy (non-hydrogen) atoms. The quantitative estimate of drug-likeness (QED) is 0.152. The second-order valence-electron chi connectivity index (χ2n) is 12.9. The third kappa shape index (κ3) is 8.55. The van der Waals surface area contributed by atoms with E-state index in [4.69, 9.17) is 13.9 Å². The first kappa shape index (κ1) is 35.0. The normalized spacial score (nSPS) is 16.6. The number of oxazole rings is 1. The lowest BCUT2D eigenvalue weighted by atomic mass is 10.1. The van der Waals surface area contributed by atoms with Crippen molar-refractivity contribution in [1.82, 2.24) is 14.8 Å². The maximum absolute atomic E-state index is 13.1. The Morgan fingerprint density at radius 3 is 1.55 bits per heavy atom. The highest BCUT2D eigenvalue weighted by Crippen LogP contribution is 2.29. The number of rotatable bonds is 10. The van der Waals surface area contributed by atoms with E-state index in [1.165, 1.54) is 9.80 Å². The first-order chi connectivity index (χ1) is 25.9. The van der Waals surface area contributed by atoms with Crippen molar-refractivity contribution in [1.29, 1.82) is 0 Å². The average Bonchev–Trinajstić information content (AvgIpc) is 4.00. The van der Waals surface area contributed by atoms with Crippen LogP contribution in [0, 0.1) is 0 Å². The van der Waals surface area contributed by atoms with E-state index in [0.717, 1.165) is 23.1 Å². The zero-order valence-corrected chi connectivity index (χ0v) is 29.0. The Bertz CT molecular complexity index is 1890. The molecule has 270 valence electrons. The Hall–Kier alpha value is -6.43. The smallest absolute Gasteiger partial charge is 0.410 e. The van der Waals surface area contributed by atoms with Crippen LogP contribution < -0.4 is 10.6 Å². The van der Waals surface area contributed by atoms with Gasteiger partial charge in [0.1, 0.15) is 25.3 Å². The maximum atomic E-state index is 13.1. The van der Waals surface area contributed by atoms with Gasteiger partial charge in [-0.25, -0.2) is 14.6 Å². The molecule has 2 unspecified atom stereocenters. The van der Waals surface area contributed by atoms with Crippen molar-refractivity contribution in [2.75, 3.05) is 23.7 Å². The highest BCUT2D eigenvalue weighted by atomic mass is 16.6. The molecule has 2 N–H and O–H groups in total. The molecule has 2 saturated heterocycles. The van der Waals surface area contributed by atoms with E-state index in [9.17, 15) is 19.2 Å². The summed E-state index contributed by atoms with van der Waals surface area (Å²) in [7, 11) is 0. The molecule has 4 amide bonds. The zero-order chi connectivity index (χ0) is 36.6. The van der Waals surface area contributed by atoms with Crippen molar-refractivity contribution >= 4 is 35.4 Å². The SMILES string of the molecule is O=C(Nc1ccc(-c2cnc(-c3ccc(NC(=O)C4CCCN4C(=O)OCc4ccccc4)cc3)o2)cc1)C1CCCN1C(=O)OCc1ccccc1. The van der Waals surface area contributed by atoms with E-state index in [-0.39, 0.29) is 25.0 Å². The van der Waals surface area contributed by atoms with E-state index in [1.807, 2.05) is 72.8 Å². The summed E-state index contributed by atoms with van der Waals surface area (Å²) in [6.45, 7) is 1.22. The Morgan fingerprint density at radius 1 is 0.623 bits per heavy atom. The average molecular weight is 714 g/mol. The molecular formula is C41H39N5O7. The van der Waals surface area contributed by atoms with Crippen molar-refractivity contribution < 1.29 is 33.1 Å². The largest absolute Gasteiger partial charge is 0.445 e. The number of ether oxygens (including phenoxy) is 2. The Morgan fingerprint density at radius 2 is 1.08 bits per heavy atom. The van der Waals surface area contributed by atoms with Gasteiger partial charge in [0.25, 0.3) is 0 Å². The summed E-state index contributed by atoms with van der Waals surface area (Å²) in [6, 6.07) is 31.9. The standard InChI is InChI=1S/C41H39N5O7/c47-37(34-13-7-23-45(34)40(49)51-26-28-9-3-1-4-10-28)43-32-19-15-30(16-20-32)36-25-42-39(53-36)31-17-21-33(22-18-31)44-38(48)35-14-8-24-46(35)41(50)52-27-29-11-5-2-6-12-29/h1-6,9-12,15-22,25,34-35H,7-8,13-14,23-24,26-27H2,(H,43,47)(H,44,48). The van der Waals surface area contributed by atoms with Crippen LogP contribution in [0.5, 0.6) is 0 Å². The highest BCUT2D eigenvalue weighted by molar-refractivity contribution is 5.97. The van der Waals surface area contributed by atoms with E-state index in [0.29, 0.717) is 60.9 Å². The van der Waals surface area contributed by atoms with Crippen LogP contribution >= 0.6 is 0 Å². The Kier molecular flexibility index (Phi) is 10.7. The molecule has 12 nitrogen and oxygen atoms in total. The number of amides is 4. The highest BCUT2D eigenvalue weighted by Gasteiger charge is 2.36. The van der Waals surface area contributed by atoms with Crippen molar-refractivity contribution in [2.45, 2.75) is 51.0 Å². The van der Waals surface area contributed by atoms with Gasteiger partial charge >= 0.3 is 12.2 Å². The third-order valence-electron chi connectivity index (χ3n) is 9.33. The summed E-state index contributed by atoms with van der Waals surface area (Å²) in [5.41, 5.74) is 4.41. The Balaban J connectivity index is 0.904. The van der Waals surface area contributed by atoms with Crippen LogP contribution in [0.4, 0.5) is 21.0 Å². The molecule has 0 bridgehead atoms. The Labute approximate surface area is 306 Å². The molecule has 0 aliphatic carbocycles. The number of hydrogen-bond acceptors (Lipinski definition) is 8. The number of anilines is 2. The van der Waals surface area contributed by atoms with E-state index < -0.39 is 24.3 Å². The van der Waals surface area contributed by atoms with Crippen LogP contribution in [-0.2, 0) is 32.3 Å². The third-order valence-corrected chi connectivity index (χ3v) is 9.33. The van der Waals surface area contributed by atoms with E-state index in [1.54, 1.807) is 42.6 Å². The molecule has 2 atom stereocenters. The molecule has 1 aromatic heterocycles.